The van der Waals surface area contributed by atoms with Crippen molar-refractivity contribution in [1.29, 1.82) is 0 Å². The van der Waals surface area contributed by atoms with Crippen LogP contribution in [-0.4, -0.2) is 258 Å². The van der Waals surface area contributed by atoms with E-state index in [9.17, 15) is 32.3 Å². The van der Waals surface area contributed by atoms with Crippen LogP contribution in [0.15, 0.2) is 134 Å². The number of carbonyl (C=O) groups is 4. The van der Waals surface area contributed by atoms with E-state index in [2.05, 4.69) is 92.4 Å². The molecule has 0 saturated carbocycles. The first-order chi connectivity index (χ1) is 58.5. The van der Waals surface area contributed by atoms with E-state index in [0.717, 1.165) is 93.9 Å². The lowest BCUT2D eigenvalue weighted by Gasteiger charge is -2.33. The van der Waals surface area contributed by atoms with E-state index in [1.807, 2.05) is 69.9 Å². The van der Waals surface area contributed by atoms with Gasteiger partial charge in [-0.05, 0) is 171 Å². The third-order valence-corrected chi connectivity index (χ3v) is 21.6. The lowest BCUT2D eigenvalue weighted by Crippen LogP contribution is -2.47. The monoisotopic (exact) mass is 1680 g/mol. The van der Waals surface area contributed by atoms with Crippen LogP contribution in [-0.2, 0) is 19.3 Å². The van der Waals surface area contributed by atoms with Gasteiger partial charge in [0.15, 0.2) is 52.2 Å². The van der Waals surface area contributed by atoms with Gasteiger partial charge in [-0.15, -0.1) is 0 Å². The fourth-order valence-corrected chi connectivity index (χ4v) is 14.1. The quantitative estimate of drug-likeness (QED) is 0.0324. The number of fused-ring (bicyclic) bond motifs is 3. The van der Waals surface area contributed by atoms with Crippen LogP contribution < -0.4 is 30.2 Å². The molecular weight excluding hydrogens is 1580 g/mol. The average molecular weight is 1680 g/mol. The summed E-state index contributed by atoms with van der Waals surface area (Å²) in [4.78, 5) is 110. The summed E-state index contributed by atoms with van der Waals surface area (Å²) < 4.78 is 106. The van der Waals surface area contributed by atoms with Crippen molar-refractivity contribution in [3.63, 3.8) is 0 Å². The number of amides is 4. The van der Waals surface area contributed by atoms with Gasteiger partial charge in [0.1, 0.15) is 41.5 Å². The molecule has 3 aliphatic heterocycles. The fraction of sp³-hybridized carbons (Fsp3) is 0.345. The van der Waals surface area contributed by atoms with Crippen LogP contribution in [0.5, 0.6) is 34.9 Å². The number of aromatic amines is 3. The molecule has 35 heteroatoms. The molecule has 15 rings (SSSR count). The molecule has 0 unspecified atom stereocenters. The second-order valence-electron chi connectivity index (χ2n) is 30.5. The third kappa shape index (κ3) is 20.4. The zero-order valence-electron chi connectivity index (χ0n) is 70.0. The number of H-pyrrole nitrogens is 3. The van der Waals surface area contributed by atoms with Crippen LogP contribution in [0.25, 0.3) is 32.7 Å². The van der Waals surface area contributed by atoms with E-state index in [1.54, 1.807) is 95.7 Å². The molecule has 7 aromatic heterocycles. The van der Waals surface area contributed by atoms with Gasteiger partial charge in [-0.1, -0.05) is 12.1 Å². The van der Waals surface area contributed by atoms with Crippen molar-refractivity contribution in [3.8, 4) is 34.9 Å². The zero-order valence-corrected chi connectivity index (χ0v) is 70.0. The number of rotatable bonds is 23. The molecule has 6 N–H and O–H groups in total. The van der Waals surface area contributed by atoms with Gasteiger partial charge < -0.3 is 79.4 Å². The molecule has 0 aliphatic carbocycles. The highest BCUT2D eigenvalue weighted by Gasteiger charge is 2.36. The summed E-state index contributed by atoms with van der Waals surface area (Å²) in [6.45, 7) is 23.2. The molecule has 10 heterocycles. The summed E-state index contributed by atoms with van der Waals surface area (Å²) in [5.41, 5.74) is 6.03. The first-order valence-corrected chi connectivity index (χ1v) is 40.1. The van der Waals surface area contributed by atoms with Crippen LogP contribution in [0.4, 0.5) is 61.0 Å². The van der Waals surface area contributed by atoms with Gasteiger partial charge in [0, 0.05) is 205 Å². The molecule has 29 nitrogen and oxygen atoms in total. The Labute approximate surface area is 701 Å². The summed E-state index contributed by atoms with van der Waals surface area (Å²) in [6.07, 6.45) is 0.848. The number of hydrogen-bond donors (Lipinski definition) is 6. The minimum Gasteiger partial charge on any atom is -0.435 e. The van der Waals surface area contributed by atoms with E-state index in [1.165, 1.54) is 57.7 Å². The van der Waals surface area contributed by atoms with Crippen molar-refractivity contribution in [2.75, 3.05) is 156 Å². The van der Waals surface area contributed by atoms with Crippen molar-refractivity contribution in [3.05, 3.63) is 208 Å². The summed E-state index contributed by atoms with van der Waals surface area (Å²) in [7, 11) is 11.0. The smallest absolute Gasteiger partial charge is 0.416 e. The Kier molecular flexibility index (Phi) is 27.3. The first-order valence-electron chi connectivity index (χ1n) is 40.1. The molecule has 0 atom stereocenters. The predicted octanol–water partition coefficient (Wildman–Crippen LogP) is 14.4. The maximum Gasteiger partial charge on any atom is 0.416 e. The highest BCUT2D eigenvalue weighted by Crippen LogP contribution is 2.41. The van der Waals surface area contributed by atoms with Gasteiger partial charge >= 0.3 is 6.18 Å². The predicted molar refractivity (Wildman–Crippen MR) is 454 cm³/mol. The van der Waals surface area contributed by atoms with Crippen molar-refractivity contribution in [1.82, 2.24) is 93.9 Å². The van der Waals surface area contributed by atoms with Crippen LogP contribution >= 0.6 is 0 Å². The second kappa shape index (κ2) is 38.3. The zero-order chi connectivity index (χ0) is 86.8. The van der Waals surface area contributed by atoms with Crippen LogP contribution in [0, 0.1) is 38.2 Å². The van der Waals surface area contributed by atoms with Crippen LogP contribution in [0.2, 0.25) is 0 Å². The number of likely N-dealkylation sites (N-methyl/N-ethyl adjacent to an activating group) is 3. The van der Waals surface area contributed by atoms with Crippen LogP contribution in [0.3, 0.4) is 0 Å². The fourth-order valence-electron chi connectivity index (χ4n) is 14.1. The normalized spacial score (nSPS) is 14.4. The number of halogens is 6. The number of anilines is 6. The lowest BCUT2D eigenvalue weighted by molar-refractivity contribution is -0.138. The van der Waals surface area contributed by atoms with E-state index in [-0.39, 0.29) is 105 Å². The lowest BCUT2D eigenvalue weighted by atomic mass is 10.0. The van der Waals surface area contributed by atoms with Gasteiger partial charge in [0.25, 0.3) is 23.6 Å². The number of nitrogens with zero attached hydrogens (tertiary/aromatic N) is 16. The second-order valence-corrected chi connectivity index (χ2v) is 30.5. The summed E-state index contributed by atoms with van der Waals surface area (Å²) in [6, 6.07) is 29.4. The van der Waals surface area contributed by atoms with Crippen molar-refractivity contribution < 1.29 is 59.7 Å². The number of pyridine rings is 1. The van der Waals surface area contributed by atoms with E-state index >= 15 is 13.2 Å². The summed E-state index contributed by atoms with van der Waals surface area (Å²) >= 11 is 0. The minimum absolute atomic E-state index is 0.0191. The Balaban J connectivity index is 0.000000158. The number of benzene rings is 5. The number of alkyl halides is 3. The van der Waals surface area contributed by atoms with Gasteiger partial charge in [-0.3, -0.25) is 29.0 Å². The standard InChI is InChI=1S/C30H33F4N7O2.C29H32FN7O3.C28H33FN8O2/c1-5-40(4)29(42)25-27(35-17-36-28(25)43-24-9-8-23-21(26(24)31)14-18(2)37-23)38-20-7-6-19(22(15-20)30(32,33)34)16-41-12-10-39(3)11-13-41;1-5-36(4)29(39)24-26(34-20-8-6-19(7-9-20)28(38)37-14-12-35(3)13-15-37)31-17-32-27(24)40-23-11-10-22-21(25(23)30)16-18(2)33-22;1-5-36(4)28(38)24-26(34-23-9-6-19(15-30-23)16-37-12-10-35(3)11-13-37)31-17-32-27(24)39-22-8-7-21-20(25(22)29)14-18(2)33-21/h6-9,14-15,17,37H,5,10-13,16H2,1-4H3,(H,35,36,38);6-11,16-17,33H,5,12-15H2,1-4H3,(H,31,32,34);6-9,14-15,17,33H,5,10-13,16H2,1-4H3,(H,30,31,32,34). The van der Waals surface area contributed by atoms with E-state index < -0.39 is 35.1 Å². The first kappa shape index (κ1) is 87.0. The number of carbonyl (C=O) groups excluding carboxylic acids is 4. The number of nitrogens with one attached hydrogen (secondary N) is 6. The van der Waals surface area contributed by atoms with Crippen molar-refractivity contribution in [2.24, 2.45) is 0 Å². The average Bonchev–Trinajstić information content (AvgIpc) is 0.925. The molecule has 640 valence electrons. The molecular formula is C87H98F6N22O7. The Morgan fingerprint density at radius 2 is 0.820 bits per heavy atom. The highest BCUT2D eigenvalue weighted by atomic mass is 19.4. The molecule has 0 spiro atoms. The van der Waals surface area contributed by atoms with Crippen molar-refractivity contribution in [2.45, 2.75) is 60.8 Å². The number of aryl methyl sites for hydroxylation is 3. The number of aromatic nitrogens is 10. The molecule has 3 saturated heterocycles. The van der Waals surface area contributed by atoms with Gasteiger partial charge in [-0.25, -0.2) is 48.1 Å². The maximum atomic E-state index is 15.3. The molecule has 122 heavy (non-hydrogen) atoms. The van der Waals surface area contributed by atoms with Gasteiger partial charge in [0.2, 0.25) is 17.6 Å². The third-order valence-electron chi connectivity index (χ3n) is 21.6. The van der Waals surface area contributed by atoms with Gasteiger partial charge in [0.05, 0.1) is 5.56 Å². The van der Waals surface area contributed by atoms with E-state index in [4.69, 9.17) is 14.2 Å². The highest BCUT2D eigenvalue weighted by molar-refractivity contribution is 6.03. The van der Waals surface area contributed by atoms with Crippen molar-refractivity contribution >= 4 is 91.0 Å². The van der Waals surface area contributed by atoms with Crippen LogP contribution in [0.1, 0.15) is 96.0 Å². The number of ether oxygens (including phenoxy) is 3. The molecule has 0 radical (unpaired) electrons. The molecule has 5 aromatic carbocycles. The van der Waals surface area contributed by atoms with Gasteiger partial charge in [-0.2, -0.15) is 13.2 Å². The summed E-state index contributed by atoms with van der Waals surface area (Å²) in [5.74, 6) is -2.82. The molecule has 3 fully saturated rings. The Morgan fingerprint density at radius 3 is 1.20 bits per heavy atom. The maximum absolute atomic E-state index is 15.3. The Bertz CT molecular complexity index is 5750. The summed E-state index contributed by atoms with van der Waals surface area (Å²) in [5, 5.41) is 10.2. The molecule has 3 aliphatic rings. The Morgan fingerprint density at radius 1 is 0.443 bits per heavy atom. The molecule has 0 bridgehead atoms. The SMILES string of the molecule is CCN(C)C(=O)c1c(Nc2ccc(C(=O)N3CCN(C)CC3)cc2)ncnc1Oc1ccc2[nH]c(C)cc2c1F.CCN(C)C(=O)c1c(Nc2ccc(CN3CCN(C)CC3)c(C(F)(F)F)c2)ncnc1Oc1ccc2[nH]c(C)cc2c1F.CCN(C)C(=O)c1c(Nc2ccc(CN3CCN(C)CC3)cn2)ncnc1Oc1ccc2[nH]c(C)cc2c1F. The Hall–Kier alpha value is -12.8. The minimum atomic E-state index is -4.60. The molecule has 12 aromatic rings. The number of piperazine rings is 3. The largest absolute Gasteiger partial charge is 0.435 e. The molecule has 4 amide bonds. The van der Waals surface area contributed by atoms with E-state index in [0.29, 0.717) is 95.6 Å². The topological polar surface area (TPSA) is 299 Å². The number of hydrogen-bond acceptors (Lipinski definition) is 22.